The van der Waals surface area contributed by atoms with Crippen molar-refractivity contribution in [3.63, 3.8) is 0 Å². The summed E-state index contributed by atoms with van der Waals surface area (Å²) in [4.78, 5) is 93.7. The second kappa shape index (κ2) is 52.5. The minimum absolute atomic E-state index is 0. The number of ether oxygens (including phenoxy) is 5. The van der Waals surface area contributed by atoms with E-state index in [1.807, 2.05) is 97.9 Å². The summed E-state index contributed by atoms with van der Waals surface area (Å²) in [6.07, 6.45) is 24.6. The summed E-state index contributed by atoms with van der Waals surface area (Å²) in [6, 6.07) is 28.9. The molecule has 0 radical (unpaired) electrons. The van der Waals surface area contributed by atoms with Crippen LogP contribution >= 0.6 is 11.6 Å². The van der Waals surface area contributed by atoms with Gasteiger partial charge in [-0.25, -0.2) is 0 Å². The molecule has 0 amide bonds. The zero-order valence-corrected chi connectivity index (χ0v) is 67.7. The van der Waals surface area contributed by atoms with Crippen molar-refractivity contribution in [2.45, 2.75) is 261 Å². The number of hydrogen-bond donors (Lipinski definition) is 5. The third kappa shape index (κ3) is 35.1. The molecule has 0 aromatic heterocycles. The maximum atomic E-state index is 13.3. The minimum Gasteiger partial charge on any atom is -0.481 e. The van der Waals surface area contributed by atoms with Gasteiger partial charge in [0, 0.05) is 33.3 Å². The molecule has 3 aromatic carbocycles. The second-order valence-electron chi connectivity index (χ2n) is 30.8. The Hall–Kier alpha value is -5.55. The van der Waals surface area contributed by atoms with Crippen LogP contribution in [0.4, 0.5) is 0 Å². The number of aliphatic hydroxyl groups is 2. The summed E-state index contributed by atoms with van der Waals surface area (Å²) in [6.45, 7) is 17.7. The molecule has 6 aliphatic rings. The Labute approximate surface area is 648 Å². The third-order valence-corrected chi connectivity index (χ3v) is 23.2. The topological polar surface area (TPSA) is 284 Å². The van der Waals surface area contributed by atoms with E-state index in [-0.39, 0.29) is 120 Å². The van der Waals surface area contributed by atoms with Gasteiger partial charge in [0.25, 0.3) is 0 Å². The average Bonchev–Trinajstić information content (AvgIpc) is 0.782. The maximum absolute atomic E-state index is 13.3. The Bertz CT molecular complexity index is 2840. The van der Waals surface area contributed by atoms with Gasteiger partial charge in [-0.05, 0) is 226 Å². The molecule has 0 unspecified atom stereocenters. The molecule has 6 saturated carbocycles. The number of carboxylic acid groups (broad SMARTS) is 3. The first-order valence-electron chi connectivity index (χ1n) is 38.3. The van der Waals surface area contributed by atoms with Crippen molar-refractivity contribution in [3.05, 3.63) is 115 Å². The molecule has 3 aromatic rings. The largest absolute Gasteiger partial charge is 0.481 e. The van der Waals surface area contributed by atoms with E-state index in [4.69, 9.17) is 51.0 Å². The molecule has 0 bridgehead atoms. The summed E-state index contributed by atoms with van der Waals surface area (Å²) in [5, 5.41) is 45.7. The van der Waals surface area contributed by atoms with Crippen LogP contribution in [0.25, 0.3) is 0 Å². The van der Waals surface area contributed by atoms with Crippen LogP contribution in [-0.4, -0.2) is 107 Å². The zero-order chi connectivity index (χ0) is 76.4. The molecule has 0 aliphatic heterocycles. The molecule has 1 atom stereocenters. The standard InChI is InChI=1S/C29H36O6.C11H20O2.C10H18O2.C9H16O3.C9H16O2.C8H9ClO.C8H14O2.CH3.Pd/c1-22-14-16-29(21-30,17-15-22)26(31)18-25(28(33)35-20-24-10-6-3-7-11-24)12-13-27(32)34-19-23-8-4-2-5-9-23;1-4-11(10(12)13-3)7-5-9(2)6-8-11;1-3-10(9(11)12)6-4-8(2)5-7-10;1-7-2-4-9(6-10,5-3-7)8(11)12;1-7-3-5-8(6-4-7)9(10)11-2;9-7-10-6-8-4-2-1-3-5-8;1-6-2-4-7(5-3-6)8(9)10;;/h2-11,22,25,30H,12-21H2,1H3;9H,4-8H2,1-3H3;8H,3-7H2,1-2H3,(H,11,12);7,10H,2-6H2,1H3,(H,11,12);7-8H,3-6H2,1-2H3;1-5H,6-7H2;6-7H,2-5H2,1H3,(H,9,10);1H3;/q;;;;;;;-1;/t22?,25-,29?;;;;;;;;/m1......../s1. The van der Waals surface area contributed by atoms with E-state index >= 15 is 0 Å². The van der Waals surface area contributed by atoms with E-state index in [1.165, 1.54) is 39.9 Å². The molecule has 0 spiro atoms. The van der Waals surface area contributed by atoms with Gasteiger partial charge in [0.1, 0.15) is 25.1 Å². The Kier molecular flexibility index (Phi) is 48.7. The van der Waals surface area contributed by atoms with E-state index in [9.17, 15) is 43.5 Å². The molecule has 20 heteroatoms. The van der Waals surface area contributed by atoms with Crippen LogP contribution in [0.1, 0.15) is 258 Å². The van der Waals surface area contributed by atoms with Crippen molar-refractivity contribution < 1.29 is 108 Å². The number of carbonyl (C=O) groups excluding carboxylic acids is 5. The number of rotatable bonds is 23. The Morgan fingerprint density at radius 3 is 1.14 bits per heavy atom. The van der Waals surface area contributed by atoms with Gasteiger partial charge in [0.15, 0.2) is 0 Å². The predicted octanol–water partition coefficient (Wildman–Crippen LogP) is 18.5. The zero-order valence-electron chi connectivity index (χ0n) is 65.3. The van der Waals surface area contributed by atoms with E-state index in [2.05, 4.69) is 53.2 Å². The Morgan fingerprint density at radius 1 is 0.457 bits per heavy atom. The van der Waals surface area contributed by atoms with Crippen LogP contribution < -0.4 is 0 Å². The van der Waals surface area contributed by atoms with Gasteiger partial charge in [-0.15, -0.1) is 0 Å². The van der Waals surface area contributed by atoms with Crippen LogP contribution in [0.5, 0.6) is 0 Å². The van der Waals surface area contributed by atoms with Crippen molar-refractivity contribution >= 4 is 59.2 Å². The fraction of sp³-hybridized carbons (Fsp3) is 0.682. The minimum atomic E-state index is -0.836. The molecule has 0 heterocycles. The smallest absolute Gasteiger partial charge is 0.311 e. The summed E-state index contributed by atoms with van der Waals surface area (Å²) in [5.41, 5.74) is 0.717. The summed E-state index contributed by atoms with van der Waals surface area (Å²) in [5.74, 6) is 0.481. The Balaban J connectivity index is 0.000000659. The van der Waals surface area contributed by atoms with Crippen LogP contribution in [0.2, 0.25) is 0 Å². The number of ketones is 1. The first-order valence-corrected chi connectivity index (χ1v) is 38.9. The number of carbonyl (C=O) groups is 8. The molecular weight excluding hydrogens is 1450 g/mol. The van der Waals surface area contributed by atoms with Crippen molar-refractivity contribution in [1.82, 2.24) is 0 Å². The van der Waals surface area contributed by atoms with Crippen LogP contribution in [0.3, 0.4) is 0 Å². The van der Waals surface area contributed by atoms with Crippen LogP contribution in [-0.2, 0) is 102 Å². The van der Waals surface area contributed by atoms with Crippen LogP contribution in [0.15, 0.2) is 91.0 Å². The second-order valence-corrected chi connectivity index (χ2v) is 31.0. The molecule has 6 fully saturated rings. The number of hydrogen-bond acceptors (Lipinski definition) is 15. The van der Waals surface area contributed by atoms with Gasteiger partial charge in [-0.1, -0.05) is 158 Å². The molecule has 18 nitrogen and oxygen atoms in total. The average molecular weight is 1580 g/mol. The summed E-state index contributed by atoms with van der Waals surface area (Å²) in [7, 11) is 2.97. The fourth-order valence-corrected chi connectivity index (χ4v) is 14.5. The quantitative estimate of drug-likeness (QED) is 0.0194. The monoisotopic (exact) mass is 1580 g/mol. The van der Waals surface area contributed by atoms with Crippen molar-refractivity contribution in [2.75, 3.05) is 33.5 Å². The number of Topliss-reactive ketones (excluding diaryl/α,β-unsaturated/α-hetero) is 1. The third-order valence-electron chi connectivity index (χ3n) is 23.0. The van der Waals surface area contributed by atoms with Gasteiger partial charge >= 0.3 is 41.8 Å². The molecule has 6 aliphatic carbocycles. The van der Waals surface area contributed by atoms with Gasteiger partial charge in [0.05, 0.1) is 73.5 Å². The number of benzene rings is 3. The normalized spacial score (nSPS) is 26.8. The molecule has 0 saturated heterocycles. The maximum Gasteiger partial charge on any atom is 0.311 e. The number of aliphatic carboxylic acids is 3. The van der Waals surface area contributed by atoms with E-state index < -0.39 is 46.6 Å². The van der Waals surface area contributed by atoms with Crippen LogP contribution in [0, 0.1) is 82.3 Å². The SMILES string of the molecule is CC1CCC(C(=O)O)CC1.CC1CCC(CO)(C(=O)C[C@@H](CCC(=O)OCc2ccccc2)C(=O)OCc2ccccc2)CC1.CC1CCC(CO)(C(=O)O)CC1.CCC1(C(=O)O)CCC(C)CC1.CCC1(C(=O)OC)CCC(C)CC1.COC(=O)C1CCC(C)CC1.ClCOCc1ccccc1.[CH3-].[Pd]. The number of halogens is 1. The molecule has 598 valence electrons. The summed E-state index contributed by atoms with van der Waals surface area (Å²) >= 11 is 5.33. The van der Waals surface area contributed by atoms with E-state index in [0.717, 1.165) is 156 Å². The summed E-state index contributed by atoms with van der Waals surface area (Å²) < 4.78 is 25.4. The molecule has 9 rings (SSSR count). The van der Waals surface area contributed by atoms with Crippen molar-refractivity contribution in [1.29, 1.82) is 0 Å². The first-order chi connectivity index (χ1) is 49.1. The van der Waals surface area contributed by atoms with Crippen molar-refractivity contribution in [2.24, 2.45) is 74.9 Å². The van der Waals surface area contributed by atoms with Gasteiger partial charge in [-0.3, -0.25) is 38.4 Å². The molecule has 105 heavy (non-hydrogen) atoms. The van der Waals surface area contributed by atoms with Crippen molar-refractivity contribution in [3.8, 4) is 0 Å². The first kappa shape index (κ1) is 97.5. The van der Waals surface area contributed by atoms with Gasteiger partial charge < -0.3 is 56.6 Å². The number of carboxylic acids is 3. The number of aliphatic hydroxyl groups excluding tert-OH is 2. The fourth-order valence-electron chi connectivity index (χ4n) is 14.5. The predicted molar refractivity (Wildman–Crippen MR) is 407 cm³/mol. The van der Waals surface area contributed by atoms with Gasteiger partial charge in [-0.2, -0.15) is 0 Å². The molecular formula is C85H132ClO18Pd-. The number of methoxy groups -OCH3 is 2. The number of esters is 4. The molecule has 5 N–H and O–H groups in total. The number of alkyl halides is 1. The Morgan fingerprint density at radius 2 is 0.800 bits per heavy atom. The van der Waals surface area contributed by atoms with Gasteiger partial charge in [0.2, 0.25) is 0 Å². The van der Waals surface area contributed by atoms with E-state index in [0.29, 0.717) is 44.1 Å². The van der Waals surface area contributed by atoms with E-state index in [1.54, 1.807) is 0 Å².